The summed E-state index contributed by atoms with van der Waals surface area (Å²) in [5.74, 6) is -2.43. The summed E-state index contributed by atoms with van der Waals surface area (Å²) in [6.07, 6.45) is -4.24. The van der Waals surface area contributed by atoms with Crippen LogP contribution in [0.5, 0.6) is 11.6 Å². The maximum atomic E-state index is 13.0. The SMILES string of the molecule is CCOC(=O)c1c(OC(F)(F)F)ncc(OC)c1CF. The molecule has 9 heteroatoms. The van der Waals surface area contributed by atoms with Crippen LogP contribution < -0.4 is 9.47 Å². The molecule has 0 saturated carbocycles. The fourth-order valence-corrected chi connectivity index (χ4v) is 1.42. The van der Waals surface area contributed by atoms with Gasteiger partial charge in [0.1, 0.15) is 18.0 Å². The predicted octanol–water partition coefficient (Wildman–Crippen LogP) is 2.64. The van der Waals surface area contributed by atoms with Gasteiger partial charge in [-0.25, -0.2) is 14.2 Å². The molecule has 0 radical (unpaired) electrons. The monoisotopic (exact) mass is 297 g/mol. The number of pyridine rings is 1. The molecule has 0 atom stereocenters. The minimum absolute atomic E-state index is 0.104. The van der Waals surface area contributed by atoms with Crippen LogP contribution in [0.4, 0.5) is 17.6 Å². The quantitative estimate of drug-likeness (QED) is 0.617. The van der Waals surface area contributed by atoms with Gasteiger partial charge in [0.2, 0.25) is 5.88 Å². The van der Waals surface area contributed by atoms with E-state index >= 15 is 0 Å². The predicted molar refractivity (Wildman–Crippen MR) is 58.2 cm³/mol. The molecule has 0 amide bonds. The summed E-state index contributed by atoms with van der Waals surface area (Å²) in [4.78, 5) is 15.0. The molecule has 0 fully saturated rings. The van der Waals surface area contributed by atoms with E-state index in [0.29, 0.717) is 0 Å². The van der Waals surface area contributed by atoms with Gasteiger partial charge in [-0.2, -0.15) is 0 Å². The maximum Gasteiger partial charge on any atom is 0.574 e. The number of aromatic nitrogens is 1. The Morgan fingerprint density at radius 3 is 2.50 bits per heavy atom. The molecule has 1 aromatic heterocycles. The second-order valence-corrected chi connectivity index (χ2v) is 3.39. The first-order valence-corrected chi connectivity index (χ1v) is 5.38. The van der Waals surface area contributed by atoms with Gasteiger partial charge in [-0.1, -0.05) is 0 Å². The summed E-state index contributed by atoms with van der Waals surface area (Å²) in [5.41, 5.74) is -1.16. The lowest BCUT2D eigenvalue weighted by molar-refractivity contribution is -0.276. The number of nitrogens with zero attached hydrogens (tertiary/aromatic N) is 1. The smallest absolute Gasteiger partial charge is 0.495 e. The minimum atomic E-state index is -5.07. The molecule has 0 bridgehead atoms. The Morgan fingerprint density at radius 2 is 2.05 bits per heavy atom. The van der Waals surface area contributed by atoms with Gasteiger partial charge >= 0.3 is 12.3 Å². The van der Waals surface area contributed by atoms with E-state index in [4.69, 9.17) is 4.74 Å². The summed E-state index contributed by atoms with van der Waals surface area (Å²) < 4.78 is 62.7. The number of rotatable bonds is 5. The Hall–Kier alpha value is -2.06. The largest absolute Gasteiger partial charge is 0.574 e. The summed E-state index contributed by atoms with van der Waals surface area (Å²) in [6.45, 7) is 0.103. The van der Waals surface area contributed by atoms with Crippen LogP contribution in [-0.4, -0.2) is 31.0 Å². The first kappa shape index (κ1) is 16.0. The highest BCUT2D eigenvalue weighted by atomic mass is 19.4. The Labute approximate surface area is 111 Å². The minimum Gasteiger partial charge on any atom is -0.495 e. The van der Waals surface area contributed by atoms with Crippen molar-refractivity contribution in [3.05, 3.63) is 17.3 Å². The molecule has 0 spiro atoms. The van der Waals surface area contributed by atoms with E-state index in [1.165, 1.54) is 6.92 Å². The number of carbonyl (C=O) groups excluding carboxylic acids is 1. The molecule has 112 valence electrons. The van der Waals surface area contributed by atoms with Crippen molar-refractivity contribution >= 4 is 5.97 Å². The van der Waals surface area contributed by atoms with Gasteiger partial charge in [0, 0.05) is 5.56 Å². The fraction of sp³-hybridized carbons (Fsp3) is 0.455. The highest BCUT2D eigenvalue weighted by Crippen LogP contribution is 2.32. The highest BCUT2D eigenvalue weighted by Gasteiger charge is 2.35. The fourth-order valence-electron chi connectivity index (χ4n) is 1.42. The number of halogens is 4. The molecule has 0 aromatic carbocycles. The normalized spacial score (nSPS) is 11.1. The number of esters is 1. The average Bonchev–Trinajstić information content (AvgIpc) is 2.36. The van der Waals surface area contributed by atoms with Gasteiger partial charge in [-0.05, 0) is 6.92 Å². The van der Waals surface area contributed by atoms with Gasteiger partial charge in [-0.15, -0.1) is 13.2 Å². The van der Waals surface area contributed by atoms with Crippen LogP contribution in [0.15, 0.2) is 6.20 Å². The second kappa shape index (κ2) is 6.40. The summed E-state index contributed by atoms with van der Waals surface area (Å²) in [7, 11) is 1.16. The molecule has 5 nitrogen and oxygen atoms in total. The number of ether oxygens (including phenoxy) is 3. The first-order valence-electron chi connectivity index (χ1n) is 5.38. The van der Waals surface area contributed by atoms with E-state index in [9.17, 15) is 22.4 Å². The molecule has 0 unspecified atom stereocenters. The Kier molecular flexibility index (Phi) is 5.12. The van der Waals surface area contributed by atoms with Gasteiger partial charge < -0.3 is 14.2 Å². The lowest BCUT2D eigenvalue weighted by atomic mass is 10.1. The van der Waals surface area contributed by atoms with E-state index < -0.39 is 36.0 Å². The van der Waals surface area contributed by atoms with Crippen molar-refractivity contribution in [1.82, 2.24) is 4.98 Å². The number of carbonyl (C=O) groups is 1. The third kappa shape index (κ3) is 3.72. The maximum absolute atomic E-state index is 13.0. The van der Waals surface area contributed by atoms with Crippen LogP contribution in [0.25, 0.3) is 0 Å². The zero-order chi connectivity index (χ0) is 15.3. The van der Waals surface area contributed by atoms with Crippen LogP contribution >= 0.6 is 0 Å². The highest BCUT2D eigenvalue weighted by molar-refractivity contribution is 5.94. The summed E-state index contributed by atoms with van der Waals surface area (Å²) in [6, 6.07) is 0. The number of alkyl halides is 4. The van der Waals surface area contributed by atoms with E-state index in [0.717, 1.165) is 13.3 Å². The van der Waals surface area contributed by atoms with Crippen molar-refractivity contribution in [3.8, 4) is 11.6 Å². The number of methoxy groups -OCH3 is 1. The molecule has 20 heavy (non-hydrogen) atoms. The molecule has 1 aromatic rings. The van der Waals surface area contributed by atoms with Gasteiger partial charge in [0.25, 0.3) is 0 Å². The molecule has 0 aliphatic carbocycles. The Balaban J connectivity index is 3.39. The summed E-state index contributed by atoms with van der Waals surface area (Å²) >= 11 is 0. The molecule has 0 saturated heterocycles. The number of hydrogen-bond acceptors (Lipinski definition) is 5. The Bertz CT molecular complexity index is 490. The lowest BCUT2D eigenvalue weighted by Crippen LogP contribution is -2.21. The number of hydrogen-bond donors (Lipinski definition) is 0. The van der Waals surface area contributed by atoms with Gasteiger partial charge in [-0.3, -0.25) is 0 Å². The zero-order valence-electron chi connectivity index (χ0n) is 10.6. The van der Waals surface area contributed by atoms with Crippen molar-refractivity contribution in [2.45, 2.75) is 20.0 Å². The van der Waals surface area contributed by atoms with Crippen LogP contribution in [0.2, 0.25) is 0 Å². The van der Waals surface area contributed by atoms with Gasteiger partial charge in [0.15, 0.2) is 0 Å². The van der Waals surface area contributed by atoms with E-state index in [2.05, 4.69) is 14.5 Å². The van der Waals surface area contributed by atoms with Gasteiger partial charge in [0.05, 0.1) is 19.9 Å². The van der Waals surface area contributed by atoms with Crippen LogP contribution in [0, 0.1) is 0 Å². The van der Waals surface area contributed by atoms with Crippen molar-refractivity contribution in [3.63, 3.8) is 0 Å². The Morgan fingerprint density at radius 1 is 1.40 bits per heavy atom. The van der Waals surface area contributed by atoms with Crippen molar-refractivity contribution in [1.29, 1.82) is 0 Å². The molecule has 1 rings (SSSR count). The van der Waals surface area contributed by atoms with E-state index in [1.807, 2.05) is 0 Å². The first-order chi connectivity index (χ1) is 9.34. The molecular weight excluding hydrogens is 286 g/mol. The standard InChI is InChI=1S/C11H11F4NO4/c1-3-19-10(17)8-6(4-12)7(18-2)5-16-9(8)20-11(13,14)15/h5H,3-4H2,1-2H3. The topological polar surface area (TPSA) is 57.7 Å². The van der Waals surface area contributed by atoms with E-state index in [-0.39, 0.29) is 12.4 Å². The molecule has 1 heterocycles. The lowest BCUT2D eigenvalue weighted by Gasteiger charge is -2.15. The van der Waals surface area contributed by atoms with Crippen molar-refractivity contribution in [2.24, 2.45) is 0 Å². The van der Waals surface area contributed by atoms with E-state index in [1.54, 1.807) is 0 Å². The summed E-state index contributed by atoms with van der Waals surface area (Å²) in [5, 5.41) is 0. The van der Waals surface area contributed by atoms with Crippen LogP contribution in [0.3, 0.4) is 0 Å². The zero-order valence-corrected chi connectivity index (χ0v) is 10.6. The molecule has 0 aliphatic heterocycles. The molecule has 0 aliphatic rings. The third-order valence-corrected chi connectivity index (χ3v) is 2.16. The second-order valence-electron chi connectivity index (χ2n) is 3.39. The average molecular weight is 297 g/mol. The van der Waals surface area contributed by atoms with Crippen LogP contribution in [0.1, 0.15) is 22.8 Å². The third-order valence-electron chi connectivity index (χ3n) is 2.16. The molecular formula is C11H11F4NO4. The molecule has 0 N–H and O–H groups in total. The van der Waals surface area contributed by atoms with Crippen molar-refractivity contribution in [2.75, 3.05) is 13.7 Å². The van der Waals surface area contributed by atoms with Crippen LogP contribution in [-0.2, 0) is 11.4 Å². The van der Waals surface area contributed by atoms with Crippen molar-refractivity contribution < 1.29 is 36.6 Å².